The van der Waals surface area contributed by atoms with E-state index in [1.807, 2.05) is 25.1 Å². The van der Waals surface area contributed by atoms with E-state index >= 15 is 0 Å². The first kappa shape index (κ1) is 15.4. The van der Waals surface area contributed by atoms with E-state index in [4.69, 9.17) is 4.74 Å². The number of anilines is 1. The van der Waals surface area contributed by atoms with Crippen molar-refractivity contribution in [1.29, 1.82) is 0 Å². The predicted octanol–water partition coefficient (Wildman–Crippen LogP) is 3.31. The minimum atomic E-state index is -3.73. The number of nitrogens with one attached hydrogen (secondary N) is 1. The van der Waals surface area contributed by atoms with Gasteiger partial charge in [-0.05, 0) is 31.2 Å². The van der Waals surface area contributed by atoms with Crippen LogP contribution in [0.1, 0.15) is 5.69 Å². The number of aryl methyl sites for hydroxylation is 1. The van der Waals surface area contributed by atoms with Crippen LogP contribution in [0.4, 0.5) is 5.69 Å². The number of ether oxygens (including phenoxy) is 1. The highest BCUT2D eigenvalue weighted by Crippen LogP contribution is 2.32. The van der Waals surface area contributed by atoms with Crippen LogP contribution in [0.5, 0.6) is 5.75 Å². The third-order valence-electron chi connectivity index (χ3n) is 3.82. The summed E-state index contributed by atoms with van der Waals surface area (Å²) in [6, 6.07) is 14.2. The summed E-state index contributed by atoms with van der Waals surface area (Å²) in [5.41, 5.74) is 2.38. The van der Waals surface area contributed by atoms with E-state index in [1.165, 1.54) is 11.4 Å². The Labute approximate surface area is 135 Å². The van der Waals surface area contributed by atoms with Gasteiger partial charge in [0.25, 0.3) is 10.0 Å². The van der Waals surface area contributed by atoms with E-state index in [2.05, 4.69) is 4.98 Å². The van der Waals surface area contributed by atoms with Gasteiger partial charge in [-0.3, -0.25) is 4.31 Å². The van der Waals surface area contributed by atoms with E-state index in [1.54, 1.807) is 37.4 Å². The highest BCUT2D eigenvalue weighted by atomic mass is 32.2. The lowest BCUT2D eigenvalue weighted by Crippen LogP contribution is -2.27. The van der Waals surface area contributed by atoms with Crippen molar-refractivity contribution in [3.05, 3.63) is 54.2 Å². The molecule has 3 aromatic rings. The lowest BCUT2D eigenvalue weighted by molar-refractivity contribution is 0.402. The van der Waals surface area contributed by atoms with Crippen LogP contribution >= 0.6 is 0 Å². The van der Waals surface area contributed by atoms with Crippen molar-refractivity contribution in [1.82, 2.24) is 4.98 Å². The Morgan fingerprint density at radius 1 is 1.09 bits per heavy atom. The minimum Gasteiger partial charge on any atom is -0.495 e. The molecule has 0 aliphatic heterocycles. The molecule has 120 valence electrons. The van der Waals surface area contributed by atoms with Crippen LogP contribution in [0.3, 0.4) is 0 Å². The molecule has 0 atom stereocenters. The topological polar surface area (TPSA) is 62.4 Å². The van der Waals surface area contributed by atoms with Crippen molar-refractivity contribution >= 4 is 26.6 Å². The van der Waals surface area contributed by atoms with E-state index in [-0.39, 0.29) is 4.90 Å². The first-order chi connectivity index (χ1) is 10.9. The van der Waals surface area contributed by atoms with Gasteiger partial charge in [-0.1, -0.05) is 24.3 Å². The molecule has 23 heavy (non-hydrogen) atoms. The van der Waals surface area contributed by atoms with Gasteiger partial charge in [-0.2, -0.15) is 0 Å². The molecule has 5 nitrogen and oxygen atoms in total. The maximum absolute atomic E-state index is 13.0. The fourth-order valence-corrected chi connectivity index (χ4v) is 4.01. The molecule has 1 N–H and O–H groups in total. The molecule has 2 aromatic carbocycles. The summed E-state index contributed by atoms with van der Waals surface area (Å²) in [5, 5.41) is 0.974. The van der Waals surface area contributed by atoms with Gasteiger partial charge in [0.05, 0.1) is 18.3 Å². The Morgan fingerprint density at radius 2 is 1.83 bits per heavy atom. The number of hydrogen-bond donors (Lipinski definition) is 1. The highest BCUT2D eigenvalue weighted by Gasteiger charge is 2.26. The second-order valence-electron chi connectivity index (χ2n) is 5.32. The van der Waals surface area contributed by atoms with Gasteiger partial charge < -0.3 is 9.72 Å². The molecule has 1 heterocycles. The summed E-state index contributed by atoms with van der Waals surface area (Å²) in [7, 11) is -0.719. The molecular formula is C17H18N2O3S. The third kappa shape index (κ3) is 2.55. The summed E-state index contributed by atoms with van der Waals surface area (Å²) in [6.07, 6.45) is 0. The van der Waals surface area contributed by atoms with Gasteiger partial charge in [0.15, 0.2) is 0 Å². The molecule has 0 unspecified atom stereocenters. The lowest BCUT2D eigenvalue weighted by Gasteiger charge is -2.21. The van der Waals surface area contributed by atoms with Crippen molar-refractivity contribution in [3.63, 3.8) is 0 Å². The number of fused-ring (bicyclic) bond motifs is 1. The first-order valence-electron chi connectivity index (χ1n) is 7.15. The fraction of sp³-hybridized carbons (Fsp3) is 0.176. The predicted molar refractivity (Wildman–Crippen MR) is 91.6 cm³/mol. The average Bonchev–Trinajstić information content (AvgIpc) is 2.94. The Hall–Kier alpha value is -2.47. The van der Waals surface area contributed by atoms with E-state index in [9.17, 15) is 8.42 Å². The number of nitrogens with zero attached hydrogens (tertiary/aromatic N) is 1. The smallest absolute Gasteiger partial charge is 0.267 e. The number of methoxy groups -OCH3 is 1. The highest BCUT2D eigenvalue weighted by molar-refractivity contribution is 7.93. The third-order valence-corrected chi connectivity index (χ3v) is 5.63. The Balaban J connectivity index is 2.16. The molecule has 0 aliphatic carbocycles. The van der Waals surface area contributed by atoms with Crippen molar-refractivity contribution in [3.8, 4) is 5.75 Å². The van der Waals surface area contributed by atoms with Gasteiger partial charge in [0, 0.05) is 18.1 Å². The number of H-pyrrole nitrogens is 1. The average molecular weight is 330 g/mol. The number of rotatable bonds is 4. The Bertz CT molecular complexity index is 961. The van der Waals surface area contributed by atoms with Crippen LogP contribution in [-0.4, -0.2) is 27.6 Å². The molecule has 0 aliphatic rings. The van der Waals surface area contributed by atoms with E-state index in [0.29, 0.717) is 11.4 Å². The van der Waals surface area contributed by atoms with Crippen LogP contribution in [0.2, 0.25) is 0 Å². The number of para-hydroxylation sites is 2. The summed E-state index contributed by atoms with van der Waals surface area (Å²) >= 11 is 0. The maximum atomic E-state index is 13.0. The van der Waals surface area contributed by atoms with Crippen LogP contribution in [0.15, 0.2) is 53.4 Å². The van der Waals surface area contributed by atoms with Crippen molar-refractivity contribution in [2.24, 2.45) is 0 Å². The zero-order valence-corrected chi connectivity index (χ0v) is 14.0. The van der Waals surface area contributed by atoms with Gasteiger partial charge >= 0.3 is 0 Å². The van der Waals surface area contributed by atoms with Gasteiger partial charge in [0.1, 0.15) is 10.6 Å². The molecule has 0 bridgehead atoms. The second-order valence-corrected chi connectivity index (χ2v) is 7.25. The van der Waals surface area contributed by atoms with Gasteiger partial charge in [-0.25, -0.2) is 8.42 Å². The molecule has 0 spiro atoms. The van der Waals surface area contributed by atoms with Crippen molar-refractivity contribution in [2.45, 2.75) is 11.8 Å². The normalized spacial score (nSPS) is 11.6. The van der Waals surface area contributed by atoms with Crippen LogP contribution in [0.25, 0.3) is 10.9 Å². The standard InChI is InChI=1S/C17H18N2O3S/c1-12-11-13-7-6-8-14(17(13)18-12)19(2)23(20,21)16-10-5-4-9-15(16)22-3/h4-11,18H,1-3H3. The number of sulfonamides is 1. The molecule has 0 saturated heterocycles. The summed E-state index contributed by atoms with van der Waals surface area (Å²) in [5.74, 6) is 0.328. The number of aromatic amines is 1. The second kappa shape index (κ2) is 5.62. The molecule has 0 radical (unpaired) electrons. The summed E-state index contributed by atoms with van der Waals surface area (Å²) in [4.78, 5) is 3.37. The molecule has 0 fully saturated rings. The molecule has 6 heteroatoms. The number of benzene rings is 2. The van der Waals surface area contributed by atoms with Gasteiger partial charge in [-0.15, -0.1) is 0 Å². The van der Waals surface area contributed by atoms with E-state index < -0.39 is 10.0 Å². The summed E-state index contributed by atoms with van der Waals surface area (Å²) < 4.78 is 32.5. The monoisotopic (exact) mass is 330 g/mol. The Kier molecular flexibility index (Phi) is 3.77. The zero-order chi connectivity index (χ0) is 16.6. The van der Waals surface area contributed by atoms with Crippen LogP contribution in [-0.2, 0) is 10.0 Å². The van der Waals surface area contributed by atoms with Crippen LogP contribution < -0.4 is 9.04 Å². The first-order valence-corrected chi connectivity index (χ1v) is 8.59. The fourth-order valence-electron chi connectivity index (χ4n) is 2.65. The van der Waals surface area contributed by atoms with E-state index in [0.717, 1.165) is 16.6 Å². The molecule has 0 amide bonds. The quantitative estimate of drug-likeness (QED) is 0.798. The zero-order valence-electron chi connectivity index (χ0n) is 13.2. The van der Waals surface area contributed by atoms with Crippen molar-refractivity contribution in [2.75, 3.05) is 18.5 Å². The van der Waals surface area contributed by atoms with Crippen LogP contribution in [0, 0.1) is 6.92 Å². The Morgan fingerprint density at radius 3 is 2.57 bits per heavy atom. The summed E-state index contributed by atoms with van der Waals surface area (Å²) in [6.45, 7) is 1.94. The number of aromatic nitrogens is 1. The maximum Gasteiger partial charge on any atom is 0.267 e. The molecule has 0 saturated carbocycles. The van der Waals surface area contributed by atoms with Gasteiger partial charge in [0.2, 0.25) is 0 Å². The molecule has 1 aromatic heterocycles. The number of hydrogen-bond acceptors (Lipinski definition) is 3. The molecular weight excluding hydrogens is 312 g/mol. The largest absolute Gasteiger partial charge is 0.495 e. The minimum absolute atomic E-state index is 0.144. The van der Waals surface area contributed by atoms with Crippen molar-refractivity contribution < 1.29 is 13.2 Å². The lowest BCUT2D eigenvalue weighted by atomic mass is 10.2. The molecule has 3 rings (SSSR count). The SMILES string of the molecule is COc1ccccc1S(=O)(=O)N(C)c1cccc2cc(C)[nH]c12.